The molecule has 1 atom stereocenters. The Balaban J connectivity index is 1.89. The van der Waals surface area contributed by atoms with Gasteiger partial charge in [0.05, 0.1) is 12.3 Å². The molecular formula is C11H13NO3. The van der Waals surface area contributed by atoms with E-state index in [1.165, 1.54) is 6.20 Å². The number of carbonyl (C=O) groups excluding carboxylic acids is 1. The van der Waals surface area contributed by atoms with Gasteiger partial charge in [-0.05, 0) is 18.9 Å². The molecule has 0 aromatic carbocycles. The number of aldehydes is 1. The molecule has 0 aliphatic carbocycles. The van der Waals surface area contributed by atoms with Crippen molar-refractivity contribution in [2.75, 3.05) is 13.2 Å². The summed E-state index contributed by atoms with van der Waals surface area (Å²) in [5.74, 6) is 0.620. The standard InChI is InChI=1S/C11H13NO3/c13-7-9-4-11(6-12-5-9)15-8-10-2-1-3-14-10/h4-7,10H,1-3,8H2. The van der Waals surface area contributed by atoms with E-state index in [0.29, 0.717) is 17.9 Å². The Hall–Kier alpha value is -1.42. The van der Waals surface area contributed by atoms with Crippen LogP contribution in [0.4, 0.5) is 0 Å². The van der Waals surface area contributed by atoms with Gasteiger partial charge in [-0.2, -0.15) is 0 Å². The van der Waals surface area contributed by atoms with Crippen LogP contribution in [0, 0.1) is 0 Å². The minimum Gasteiger partial charge on any atom is -0.489 e. The molecule has 1 saturated heterocycles. The van der Waals surface area contributed by atoms with E-state index in [9.17, 15) is 4.79 Å². The summed E-state index contributed by atoms with van der Waals surface area (Å²) < 4.78 is 10.9. The van der Waals surface area contributed by atoms with Crippen LogP contribution in [0.25, 0.3) is 0 Å². The number of pyridine rings is 1. The van der Waals surface area contributed by atoms with Crippen molar-refractivity contribution < 1.29 is 14.3 Å². The summed E-state index contributed by atoms with van der Waals surface area (Å²) >= 11 is 0. The van der Waals surface area contributed by atoms with Gasteiger partial charge in [0, 0.05) is 18.4 Å². The zero-order chi connectivity index (χ0) is 10.5. The lowest BCUT2D eigenvalue weighted by molar-refractivity contribution is 0.0678. The first-order valence-corrected chi connectivity index (χ1v) is 5.03. The maximum atomic E-state index is 10.5. The molecule has 1 aliphatic rings. The fourth-order valence-electron chi connectivity index (χ4n) is 1.54. The van der Waals surface area contributed by atoms with Crippen molar-refractivity contribution in [1.29, 1.82) is 0 Å². The lowest BCUT2D eigenvalue weighted by Crippen LogP contribution is -2.16. The SMILES string of the molecule is O=Cc1cncc(OCC2CCCO2)c1. The third kappa shape index (κ3) is 2.76. The van der Waals surface area contributed by atoms with E-state index in [0.717, 1.165) is 25.7 Å². The Kier molecular flexibility index (Phi) is 3.29. The van der Waals surface area contributed by atoms with Crippen molar-refractivity contribution in [2.24, 2.45) is 0 Å². The normalized spacial score (nSPS) is 20.1. The number of ether oxygens (including phenoxy) is 2. The Morgan fingerprint density at radius 3 is 3.27 bits per heavy atom. The van der Waals surface area contributed by atoms with Crippen LogP contribution in [0.15, 0.2) is 18.5 Å². The summed E-state index contributed by atoms with van der Waals surface area (Å²) in [5, 5.41) is 0. The summed E-state index contributed by atoms with van der Waals surface area (Å²) in [6.45, 7) is 1.35. The van der Waals surface area contributed by atoms with E-state index in [4.69, 9.17) is 9.47 Å². The zero-order valence-corrected chi connectivity index (χ0v) is 8.39. The monoisotopic (exact) mass is 207 g/mol. The van der Waals surface area contributed by atoms with Gasteiger partial charge in [-0.1, -0.05) is 0 Å². The smallest absolute Gasteiger partial charge is 0.151 e. The Morgan fingerprint density at radius 1 is 1.60 bits per heavy atom. The van der Waals surface area contributed by atoms with Crippen LogP contribution in [0.3, 0.4) is 0 Å². The van der Waals surface area contributed by atoms with Gasteiger partial charge >= 0.3 is 0 Å². The van der Waals surface area contributed by atoms with Crippen LogP contribution in [-0.4, -0.2) is 30.6 Å². The van der Waals surface area contributed by atoms with E-state index >= 15 is 0 Å². The molecule has 0 N–H and O–H groups in total. The second-order valence-electron chi connectivity index (χ2n) is 3.52. The van der Waals surface area contributed by atoms with Gasteiger partial charge in [-0.25, -0.2) is 0 Å². The zero-order valence-electron chi connectivity index (χ0n) is 8.39. The van der Waals surface area contributed by atoms with E-state index in [1.54, 1.807) is 12.3 Å². The highest BCUT2D eigenvalue weighted by Crippen LogP contribution is 2.15. The molecular weight excluding hydrogens is 194 g/mol. The third-order valence-electron chi connectivity index (χ3n) is 2.33. The van der Waals surface area contributed by atoms with Crippen LogP contribution in [-0.2, 0) is 4.74 Å². The van der Waals surface area contributed by atoms with Gasteiger partial charge in [0.15, 0.2) is 6.29 Å². The predicted molar refractivity (Wildman–Crippen MR) is 54.1 cm³/mol. The van der Waals surface area contributed by atoms with Gasteiger partial charge in [0.1, 0.15) is 12.4 Å². The molecule has 4 nitrogen and oxygen atoms in total. The molecule has 1 aliphatic heterocycles. The number of nitrogens with zero attached hydrogens (tertiary/aromatic N) is 1. The molecule has 1 aromatic heterocycles. The molecule has 1 aromatic rings. The van der Waals surface area contributed by atoms with E-state index < -0.39 is 0 Å². The van der Waals surface area contributed by atoms with Gasteiger partial charge in [0.2, 0.25) is 0 Å². The molecule has 1 unspecified atom stereocenters. The summed E-state index contributed by atoms with van der Waals surface area (Å²) in [4.78, 5) is 14.4. The van der Waals surface area contributed by atoms with E-state index in [1.807, 2.05) is 0 Å². The van der Waals surface area contributed by atoms with Crippen LogP contribution in [0.1, 0.15) is 23.2 Å². The van der Waals surface area contributed by atoms with E-state index in [-0.39, 0.29) is 6.10 Å². The first-order valence-electron chi connectivity index (χ1n) is 5.03. The maximum Gasteiger partial charge on any atom is 0.151 e. The van der Waals surface area contributed by atoms with Crippen LogP contribution < -0.4 is 4.74 Å². The molecule has 0 radical (unpaired) electrons. The van der Waals surface area contributed by atoms with Crippen molar-refractivity contribution in [2.45, 2.75) is 18.9 Å². The van der Waals surface area contributed by atoms with E-state index in [2.05, 4.69) is 4.98 Å². The Labute approximate surface area is 88.2 Å². The predicted octanol–water partition coefficient (Wildman–Crippen LogP) is 1.45. The second-order valence-corrected chi connectivity index (χ2v) is 3.52. The highest BCUT2D eigenvalue weighted by atomic mass is 16.5. The largest absolute Gasteiger partial charge is 0.489 e. The Morgan fingerprint density at radius 2 is 2.53 bits per heavy atom. The molecule has 2 rings (SSSR count). The Bertz CT molecular complexity index is 334. The number of carbonyl (C=O) groups is 1. The highest BCUT2D eigenvalue weighted by molar-refractivity contribution is 5.74. The molecule has 0 spiro atoms. The molecule has 2 heterocycles. The van der Waals surface area contributed by atoms with Crippen LogP contribution in [0.2, 0.25) is 0 Å². The third-order valence-corrected chi connectivity index (χ3v) is 2.33. The average molecular weight is 207 g/mol. The number of aromatic nitrogens is 1. The summed E-state index contributed by atoms with van der Waals surface area (Å²) in [6.07, 6.45) is 6.19. The molecule has 0 bridgehead atoms. The highest BCUT2D eigenvalue weighted by Gasteiger charge is 2.15. The summed E-state index contributed by atoms with van der Waals surface area (Å²) in [5.41, 5.74) is 0.528. The van der Waals surface area contributed by atoms with Crippen molar-refractivity contribution in [3.63, 3.8) is 0 Å². The lowest BCUT2D eigenvalue weighted by atomic mass is 10.2. The first kappa shape index (κ1) is 10.1. The topological polar surface area (TPSA) is 48.4 Å². The van der Waals surface area contributed by atoms with Crippen LogP contribution in [0.5, 0.6) is 5.75 Å². The molecule has 15 heavy (non-hydrogen) atoms. The molecule has 1 fully saturated rings. The van der Waals surface area contributed by atoms with Gasteiger partial charge < -0.3 is 9.47 Å². The van der Waals surface area contributed by atoms with Gasteiger partial charge in [0.25, 0.3) is 0 Å². The minimum absolute atomic E-state index is 0.185. The molecule has 80 valence electrons. The quantitative estimate of drug-likeness (QED) is 0.701. The molecule has 0 saturated carbocycles. The van der Waals surface area contributed by atoms with Gasteiger partial charge in [-0.15, -0.1) is 0 Å². The maximum absolute atomic E-state index is 10.5. The average Bonchev–Trinajstić information content (AvgIpc) is 2.79. The number of hydrogen-bond donors (Lipinski definition) is 0. The fraction of sp³-hybridized carbons (Fsp3) is 0.455. The number of rotatable bonds is 4. The molecule has 0 amide bonds. The lowest BCUT2D eigenvalue weighted by Gasteiger charge is -2.10. The second kappa shape index (κ2) is 4.89. The number of hydrogen-bond acceptors (Lipinski definition) is 4. The fourth-order valence-corrected chi connectivity index (χ4v) is 1.54. The van der Waals surface area contributed by atoms with Crippen molar-refractivity contribution in [3.8, 4) is 5.75 Å². The van der Waals surface area contributed by atoms with Crippen molar-refractivity contribution in [3.05, 3.63) is 24.0 Å². The molecule has 4 heteroatoms. The van der Waals surface area contributed by atoms with Crippen molar-refractivity contribution in [1.82, 2.24) is 4.98 Å². The van der Waals surface area contributed by atoms with Gasteiger partial charge in [-0.3, -0.25) is 9.78 Å². The first-order chi connectivity index (χ1) is 7.38. The summed E-state index contributed by atoms with van der Waals surface area (Å²) in [7, 11) is 0. The summed E-state index contributed by atoms with van der Waals surface area (Å²) in [6, 6.07) is 1.68. The minimum atomic E-state index is 0.185. The van der Waals surface area contributed by atoms with Crippen LogP contribution >= 0.6 is 0 Å². The van der Waals surface area contributed by atoms with Crippen molar-refractivity contribution >= 4 is 6.29 Å².